The maximum atomic E-state index is 12.9. The van der Waals surface area contributed by atoms with E-state index in [1.54, 1.807) is 6.08 Å². The SMILES string of the molecule is CC/C=C\C/C=C\C/C=C\C/C=C\C/C=C\C/C=C\C/C=C\CCCC(=O)OCC(COC(=O)C/C=C\C/C=C\C/C=C\C/C=C\C/C=C\CC)OC(=O)CCCCCCC/C=C\C/C=C\C/C=C\C/C=C\C/C=C\CC. The Hall–Kier alpha value is -6.01. The van der Waals surface area contributed by atoms with E-state index >= 15 is 0 Å². The molecule has 0 spiro atoms. The van der Waals surface area contributed by atoms with E-state index in [4.69, 9.17) is 14.2 Å². The Morgan fingerprint density at radius 1 is 0.273 bits per heavy atom. The van der Waals surface area contributed by atoms with Gasteiger partial charge in [0.25, 0.3) is 0 Å². The third-order valence-corrected chi connectivity index (χ3v) is 11.3. The van der Waals surface area contributed by atoms with E-state index in [-0.39, 0.29) is 44.4 Å². The minimum Gasteiger partial charge on any atom is -0.462 e. The monoisotopic (exact) mass is 1050 g/mol. The molecular weight excluding hydrogens is 949 g/mol. The average Bonchev–Trinajstić information content (AvgIpc) is 3.43. The molecule has 0 N–H and O–H groups in total. The molecule has 0 aliphatic heterocycles. The number of esters is 3. The molecule has 6 heteroatoms. The summed E-state index contributed by atoms with van der Waals surface area (Å²) >= 11 is 0. The Morgan fingerprint density at radius 2 is 0.532 bits per heavy atom. The molecule has 0 aromatic carbocycles. The van der Waals surface area contributed by atoms with Crippen LogP contribution in [-0.4, -0.2) is 37.2 Å². The van der Waals surface area contributed by atoms with Crippen molar-refractivity contribution < 1.29 is 28.6 Å². The highest BCUT2D eigenvalue weighted by molar-refractivity contribution is 5.72. The second-order valence-electron chi connectivity index (χ2n) is 18.4. The van der Waals surface area contributed by atoms with E-state index in [0.717, 1.165) is 141 Å². The number of ether oxygens (including phenoxy) is 3. The highest BCUT2D eigenvalue weighted by Crippen LogP contribution is 2.11. The van der Waals surface area contributed by atoms with Gasteiger partial charge in [-0.3, -0.25) is 14.4 Å². The van der Waals surface area contributed by atoms with Crippen LogP contribution in [0.2, 0.25) is 0 Å². The Balaban J connectivity index is 4.66. The highest BCUT2D eigenvalue weighted by Gasteiger charge is 2.19. The van der Waals surface area contributed by atoms with Crippen LogP contribution >= 0.6 is 0 Å². The van der Waals surface area contributed by atoms with Crippen molar-refractivity contribution in [3.05, 3.63) is 207 Å². The minimum absolute atomic E-state index is 0.0999. The maximum absolute atomic E-state index is 12.9. The molecule has 0 saturated carbocycles. The van der Waals surface area contributed by atoms with Gasteiger partial charge < -0.3 is 14.2 Å². The molecule has 424 valence electrons. The van der Waals surface area contributed by atoms with Crippen LogP contribution in [0.1, 0.15) is 201 Å². The van der Waals surface area contributed by atoms with Crippen LogP contribution in [0.5, 0.6) is 0 Å². The average molecular weight is 1050 g/mol. The third kappa shape index (κ3) is 60.7. The maximum Gasteiger partial charge on any atom is 0.309 e. The number of rotatable bonds is 50. The summed E-state index contributed by atoms with van der Waals surface area (Å²) in [5.41, 5.74) is 0. The molecule has 1 unspecified atom stereocenters. The molecule has 0 radical (unpaired) electrons. The van der Waals surface area contributed by atoms with Crippen molar-refractivity contribution in [2.24, 2.45) is 0 Å². The van der Waals surface area contributed by atoms with Gasteiger partial charge >= 0.3 is 17.9 Å². The van der Waals surface area contributed by atoms with Crippen molar-refractivity contribution in [2.45, 2.75) is 207 Å². The van der Waals surface area contributed by atoms with Crippen molar-refractivity contribution in [2.75, 3.05) is 13.2 Å². The van der Waals surface area contributed by atoms with Crippen LogP contribution in [0.15, 0.2) is 207 Å². The largest absolute Gasteiger partial charge is 0.462 e. The fourth-order valence-electron chi connectivity index (χ4n) is 7.00. The summed E-state index contributed by atoms with van der Waals surface area (Å²) < 4.78 is 16.7. The van der Waals surface area contributed by atoms with E-state index in [1.807, 2.05) is 6.08 Å². The van der Waals surface area contributed by atoms with Gasteiger partial charge in [-0.15, -0.1) is 0 Å². The van der Waals surface area contributed by atoms with Crippen molar-refractivity contribution in [1.29, 1.82) is 0 Å². The first-order chi connectivity index (χ1) is 38.0. The second-order valence-corrected chi connectivity index (χ2v) is 18.4. The zero-order valence-electron chi connectivity index (χ0n) is 48.4. The van der Waals surface area contributed by atoms with Crippen LogP contribution in [0.3, 0.4) is 0 Å². The van der Waals surface area contributed by atoms with Gasteiger partial charge in [-0.2, -0.15) is 0 Å². The fourth-order valence-corrected chi connectivity index (χ4v) is 7.00. The first kappa shape index (κ1) is 71.0. The van der Waals surface area contributed by atoms with Gasteiger partial charge in [0, 0.05) is 12.8 Å². The standard InChI is InChI=1S/C71H104O6/c1-4-7-10-13-16-19-22-25-28-30-32-34-35-37-38-40-43-46-49-52-55-58-61-64-70(73)76-67-68(66-75-69(72)63-60-57-54-51-48-45-42-27-24-21-18-15-12-9-6-3)77-71(74)65-62-59-56-53-50-47-44-41-39-36-33-31-29-26-23-20-17-14-11-8-5-2/h7-12,16-21,25-29,32-34,36-38,41-44,46,48,51-52,55,57,60,68H,4-6,13-15,22-24,30-31,35,39-40,45,47,49-50,53-54,56,58-59,61-67H2,1-3H3/b10-7-,11-8-,12-9-,19-16-,20-17-,21-18-,28-25-,29-26-,34-32-,36-33-,38-37-,42-27-,44-41-,46-43-,51-48-,55-52-,60-57-. The normalized spacial score (nSPS) is 13.6. The molecule has 0 aromatic heterocycles. The van der Waals surface area contributed by atoms with E-state index < -0.39 is 12.1 Å². The summed E-state index contributed by atoms with van der Waals surface area (Å²) in [5.74, 6) is -1.18. The van der Waals surface area contributed by atoms with Crippen molar-refractivity contribution in [1.82, 2.24) is 0 Å². The smallest absolute Gasteiger partial charge is 0.309 e. The van der Waals surface area contributed by atoms with Gasteiger partial charge in [-0.25, -0.2) is 0 Å². The van der Waals surface area contributed by atoms with Gasteiger partial charge in [0.15, 0.2) is 6.10 Å². The van der Waals surface area contributed by atoms with Gasteiger partial charge in [-0.05, 0) is 141 Å². The van der Waals surface area contributed by atoms with Crippen molar-refractivity contribution >= 4 is 17.9 Å². The molecule has 0 fully saturated rings. The van der Waals surface area contributed by atoms with Gasteiger partial charge in [0.05, 0.1) is 6.42 Å². The Morgan fingerprint density at radius 3 is 0.883 bits per heavy atom. The lowest BCUT2D eigenvalue weighted by Gasteiger charge is -2.18. The Bertz CT molecular complexity index is 1930. The van der Waals surface area contributed by atoms with Crippen LogP contribution < -0.4 is 0 Å². The lowest BCUT2D eigenvalue weighted by molar-refractivity contribution is -0.166. The van der Waals surface area contributed by atoms with Crippen LogP contribution in [0.4, 0.5) is 0 Å². The number of carbonyl (C=O) groups excluding carboxylic acids is 3. The Kier molecular flexibility index (Phi) is 57.6. The van der Waals surface area contributed by atoms with E-state index in [2.05, 4.69) is 215 Å². The summed E-state index contributed by atoms with van der Waals surface area (Å²) in [4.78, 5) is 38.2. The summed E-state index contributed by atoms with van der Waals surface area (Å²) in [6.45, 7) is 6.11. The molecule has 77 heavy (non-hydrogen) atoms. The van der Waals surface area contributed by atoms with Crippen molar-refractivity contribution in [3.8, 4) is 0 Å². The Labute approximate surface area is 470 Å². The molecule has 6 nitrogen and oxygen atoms in total. The quantitative estimate of drug-likeness (QED) is 0.0261. The molecule has 0 bridgehead atoms. The fraction of sp³-hybridized carbons (Fsp3) is 0.479. The van der Waals surface area contributed by atoms with Gasteiger partial charge in [0.1, 0.15) is 13.2 Å². The zero-order valence-corrected chi connectivity index (χ0v) is 48.4. The van der Waals surface area contributed by atoms with E-state index in [9.17, 15) is 14.4 Å². The van der Waals surface area contributed by atoms with Crippen LogP contribution in [-0.2, 0) is 28.6 Å². The first-order valence-electron chi connectivity index (χ1n) is 29.6. The van der Waals surface area contributed by atoms with Gasteiger partial charge in [0.2, 0.25) is 0 Å². The lowest BCUT2D eigenvalue weighted by Crippen LogP contribution is -2.30. The summed E-state index contributed by atoms with van der Waals surface area (Å²) in [6, 6.07) is 0. The van der Waals surface area contributed by atoms with Crippen molar-refractivity contribution in [3.63, 3.8) is 0 Å². The predicted molar refractivity (Wildman–Crippen MR) is 333 cm³/mol. The van der Waals surface area contributed by atoms with E-state index in [0.29, 0.717) is 19.3 Å². The molecule has 0 aliphatic carbocycles. The zero-order chi connectivity index (χ0) is 55.7. The highest BCUT2D eigenvalue weighted by atomic mass is 16.6. The minimum atomic E-state index is -0.867. The summed E-state index contributed by atoms with van der Waals surface area (Å²) in [5, 5.41) is 0. The number of allylic oxidation sites excluding steroid dienone is 33. The first-order valence-corrected chi connectivity index (χ1v) is 29.6. The molecule has 0 saturated heterocycles. The predicted octanol–water partition coefficient (Wildman–Crippen LogP) is 20.4. The summed E-state index contributed by atoms with van der Waals surface area (Å²) in [6.07, 6.45) is 97.0. The van der Waals surface area contributed by atoms with Crippen LogP contribution in [0.25, 0.3) is 0 Å². The molecule has 0 amide bonds. The number of hydrogen-bond acceptors (Lipinski definition) is 6. The topological polar surface area (TPSA) is 78.9 Å². The number of unbranched alkanes of at least 4 members (excludes halogenated alkanes) is 6. The molecule has 0 aliphatic rings. The molecule has 0 heterocycles. The van der Waals surface area contributed by atoms with Crippen LogP contribution in [0, 0.1) is 0 Å². The third-order valence-electron chi connectivity index (χ3n) is 11.3. The molecule has 0 rings (SSSR count). The molecule has 1 atom stereocenters. The second kappa shape index (κ2) is 62.5. The number of hydrogen-bond donors (Lipinski definition) is 0. The van der Waals surface area contributed by atoms with E-state index in [1.165, 1.54) is 0 Å². The summed E-state index contributed by atoms with van der Waals surface area (Å²) in [7, 11) is 0. The lowest BCUT2D eigenvalue weighted by atomic mass is 10.1. The van der Waals surface area contributed by atoms with Gasteiger partial charge in [-0.1, -0.05) is 247 Å². The molecule has 0 aromatic rings. The molecular formula is C71H104O6. The number of carbonyl (C=O) groups is 3.